The van der Waals surface area contributed by atoms with Crippen LogP contribution in [-0.4, -0.2) is 50.6 Å². The maximum atomic E-state index is 13.1. The summed E-state index contributed by atoms with van der Waals surface area (Å²) in [6, 6.07) is 1.89. The van der Waals surface area contributed by atoms with E-state index in [1.807, 2.05) is 33.2 Å². The van der Waals surface area contributed by atoms with Crippen molar-refractivity contribution in [2.75, 3.05) is 24.6 Å². The lowest BCUT2D eigenvalue weighted by molar-refractivity contribution is -0.197. The van der Waals surface area contributed by atoms with Crippen molar-refractivity contribution in [2.24, 2.45) is 13.0 Å². The monoisotopic (exact) mass is 446 g/mol. The summed E-state index contributed by atoms with van der Waals surface area (Å²) in [5, 5.41) is 4.22. The molecule has 1 aliphatic heterocycles. The van der Waals surface area contributed by atoms with Crippen molar-refractivity contribution in [3.05, 3.63) is 41.1 Å². The fourth-order valence-electron chi connectivity index (χ4n) is 4.46. The van der Waals surface area contributed by atoms with Gasteiger partial charge in [-0.25, -0.2) is 15.0 Å². The van der Waals surface area contributed by atoms with E-state index in [0.717, 1.165) is 17.0 Å². The lowest BCUT2D eigenvalue weighted by atomic mass is 9.72. The van der Waals surface area contributed by atoms with Crippen LogP contribution in [-0.2, 0) is 11.8 Å². The molecule has 0 amide bonds. The van der Waals surface area contributed by atoms with Crippen molar-refractivity contribution in [1.82, 2.24) is 24.7 Å². The highest BCUT2D eigenvalue weighted by Gasteiger charge is 2.49. The fraction of sp³-hybridized carbons (Fsp3) is 0.545. The SMILES string of the molecule is Cc1nc2cc(N3CCO[C@H](c4cnn(C)c4)C3)nc([C@H]3C[C@H](C(F)(F)F)C3)c2nc1C. The number of aryl methyl sites for hydroxylation is 3. The average Bonchev–Trinajstić information content (AvgIpc) is 3.13. The summed E-state index contributed by atoms with van der Waals surface area (Å²) in [6.07, 6.45) is -0.505. The molecule has 0 radical (unpaired) electrons. The molecule has 7 nitrogen and oxygen atoms in total. The molecule has 4 heterocycles. The van der Waals surface area contributed by atoms with Crippen LogP contribution in [0.25, 0.3) is 11.0 Å². The Labute approximate surface area is 183 Å². The molecule has 32 heavy (non-hydrogen) atoms. The van der Waals surface area contributed by atoms with E-state index >= 15 is 0 Å². The number of hydrogen-bond acceptors (Lipinski definition) is 6. The van der Waals surface area contributed by atoms with Gasteiger partial charge in [-0.1, -0.05) is 0 Å². The van der Waals surface area contributed by atoms with E-state index in [-0.39, 0.29) is 24.9 Å². The Morgan fingerprint density at radius 1 is 1.09 bits per heavy atom. The van der Waals surface area contributed by atoms with Crippen LogP contribution in [0.2, 0.25) is 0 Å². The molecule has 0 bridgehead atoms. The summed E-state index contributed by atoms with van der Waals surface area (Å²) in [6.45, 7) is 5.49. The first-order valence-corrected chi connectivity index (χ1v) is 10.8. The molecule has 0 N–H and O–H groups in total. The van der Waals surface area contributed by atoms with E-state index < -0.39 is 12.1 Å². The van der Waals surface area contributed by atoms with Gasteiger partial charge < -0.3 is 9.64 Å². The van der Waals surface area contributed by atoms with Crippen LogP contribution >= 0.6 is 0 Å². The number of halogens is 3. The minimum Gasteiger partial charge on any atom is -0.370 e. The number of morpholine rings is 1. The van der Waals surface area contributed by atoms with E-state index in [1.165, 1.54) is 0 Å². The molecule has 1 saturated heterocycles. The molecule has 0 spiro atoms. The maximum absolute atomic E-state index is 13.1. The van der Waals surface area contributed by atoms with Crippen molar-refractivity contribution in [3.63, 3.8) is 0 Å². The number of nitrogens with zero attached hydrogens (tertiary/aromatic N) is 6. The molecule has 5 rings (SSSR count). The van der Waals surface area contributed by atoms with Crippen LogP contribution in [0.3, 0.4) is 0 Å². The fourth-order valence-corrected chi connectivity index (χ4v) is 4.46. The first-order valence-electron chi connectivity index (χ1n) is 10.8. The second kappa shape index (κ2) is 7.68. The Morgan fingerprint density at radius 2 is 1.84 bits per heavy atom. The molecule has 170 valence electrons. The highest BCUT2D eigenvalue weighted by atomic mass is 19.4. The van der Waals surface area contributed by atoms with Crippen molar-refractivity contribution >= 4 is 16.9 Å². The van der Waals surface area contributed by atoms with Crippen LogP contribution in [0.1, 0.15) is 47.5 Å². The van der Waals surface area contributed by atoms with Gasteiger partial charge in [0.2, 0.25) is 0 Å². The zero-order valence-corrected chi connectivity index (χ0v) is 18.2. The number of alkyl halides is 3. The van der Waals surface area contributed by atoms with Crippen molar-refractivity contribution in [2.45, 2.75) is 44.9 Å². The summed E-state index contributed by atoms with van der Waals surface area (Å²) in [5.74, 6) is -0.834. The Bertz CT molecular complexity index is 1150. The Hall–Kier alpha value is -2.75. The number of anilines is 1. The van der Waals surface area contributed by atoms with E-state index in [4.69, 9.17) is 9.72 Å². The number of pyridine rings is 1. The molecule has 0 unspecified atom stereocenters. The summed E-state index contributed by atoms with van der Waals surface area (Å²) in [4.78, 5) is 16.3. The molecule has 1 saturated carbocycles. The summed E-state index contributed by atoms with van der Waals surface area (Å²) < 4.78 is 47.0. The minimum absolute atomic E-state index is 0.0467. The molecule has 3 aromatic heterocycles. The van der Waals surface area contributed by atoms with Crippen molar-refractivity contribution in [1.29, 1.82) is 0 Å². The minimum atomic E-state index is -4.16. The average molecular weight is 446 g/mol. The third-order valence-corrected chi connectivity index (χ3v) is 6.55. The van der Waals surface area contributed by atoms with Gasteiger partial charge in [0.15, 0.2) is 0 Å². The van der Waals surface area contributed by atoms with Crippen molar-refractivity contribution < 1.29 is 17.9 Å². The van der Waals surface area contributed by atoms with Crippen LogP contribution in [0.15, 0.2) is 18.5 Å². The molecule has 1 atom stereocenters. The van der Waals surface area contributed by atoms with Crippen LogP contribution in [0.5, 0.6) is 0 Å². The van der Waals surface area contributed by atoms with E-state index in [9.17, 15) is 13.2 Å². The summed E-state index contributed by atoms with van der Waals surface area (Å²) in [5.41, 5.74) is 4.46. The number of rotatable bonds is 3. The number of ether oxygens (including phenoxy) is 1. The summed E-state index contributed by atoms with van der Waals surface area (Å²) in [7, 11) is 1.86. The Balaban J connectivity index is 1.50. The molecule has 3 aromatic rings. The quantitative estimate of drug-likeness (QED) is 0.606. The molecular weight excluding hydrogens is 421 g/mol. The lowest BCUT2D eigenvalue weighted by Gasteiger charge is -2.37. The van der Waals surface area contributed by atoms with Gasteiger partial charge in [-0.3, -0.25) is 4.68 Å². The van der Waals surface area contributed by atoms with Gasteiger partial charge in [-0.2, -0.15) is 18.3 Å². The first-order chi connectivity index (χ1) is 15.2. The molecular formula is C22H25F3N6O. The van der Waals surface area contributed by atoms with Gasteiger partial charge in [-0.15, -0.1) is 0 Å². The van der Waals surface area contributed by atoms with Gasteiger partial charge in [0.05, 0.1) is 41.3 Å². The van der Waals surface area contributed by atoms with Gasteiger partial charge >= 0.3 is 6.18 Å². The van der Waals surface area contributed by atoms with Crippen molar-refractivity contribution in [3.8, 4) is 0 Å². The number of fused-ring (bicyclic) bond motifs is 1. The van der Waals surface area contributed by atoms with Gasteiger partial charge in [-0.05, 0) is 26.7 Å². The normalized spacial score (nSPS) is 24.1. The van der Waals surface area contributed by atoms with Crippen LogP contribution in [0, 0.1) is 19.8 Å². The van der Waals surface area contributed by atoms with E-state index in [2.05, 4.69) is 20.0 Å². The predicted molar refractivity (Wildman–Crippen MR) is 112 cm³/mol. The third-order valence-electron chi connectivity index (χ3n) is 6.55. The first kappa shape index (κ1) is 21.1. The smallest absolute Gasteiger partial charge is 0.370 e. The highest BCUT2D eigenvalue weighted by Crippen LogP contribution is 2.50. The number of aromatic nitrogens is 5. The zero-order chi connectivity index (χ0) is 22.6. The Morgan fingerprint density at radius 3 is 2.53 bits per heavy atom. The second-order valence-corrected chi connectivity index (χ2v) is 8.79. The molecule has 1 aliphatic carbocycles. The Kier molecular flexibility index (Phi) is 5.07. The number of hydrogen-bond donors (Lipinski definition) is 0. The molecule has 2 aliphatic rings. The lowest BCUT2D eigenvalue weighted by Crippen LogP contribution is -2.39. The standard InChI is InChI=1S/C22H25F3N6O/c1-12-13(2)28-21-17(27-12)8-19(29-20(21)14-6-16(7-14)22(23,24)25)31-4-5-32-18(11-31)15-9-26-30(3)10-15/h8-10,14,16,18H,4-7,11H2,1-3H3/t14-,16-,18-/m0/s1. The van der Waals surface area contributed by atoms with Gasteiger partial charge in [0, 0.05) is 43.9 Å². The topological polar surface area (TPSA) is 69.0 Å². The van der Waals surface area contributed by atoms with Crippen LogP contribution < -0.4 is 4.90 Å². The maximum Gasteiger partial charge on any atom is 0.391 e. The second-order valence-electron chi connectivity index (χ2n) is 8.79. The van der Waals surface area contributed by atoms with Crippen LogP contribution in [0.4, 0.5) is 19.0 Å². The molecule has 0 aromatic carbocycles. The summed E-state index contributed by atoms with van der Waals surface area (Å²) >= 11 is 0. The van der Waals surface area contributed by atoms with Gasteiger partial charge in [0.1, 0.15) is 17.4 Å². The van der Waals surface area contributed by atoms with E-state index in [0.29, 0.717) is 42.2 Å². The van der Waals surface area contributed by atoms with E-state index in [1.54, 1.807) is 10.9 Å². The molecule has 10 heteroatoms. The largest absolute Gasteiger partial charge is 0.391 e. The molecule has 2 fully saturated rings. The van der Waals surface area contributed by atoms with Gasteiger partial charge in [0.25, 0.3) is 0 Å². The highest BCUT2D eigenvalue weighted by molar-refractivity contribution is 5.80. The third kappa shape index (κ3) is 3.80. The predicted octanol–water partition coefficient (Wildman–Crippen LogP) is 4.01. The zero-order valence-electron chi connectivity index (χ0n) is 18.2.